The van der Waals surface area contributed by atoms with E-state index in [9.17, 15) is 10.2 Å². The summed E-state index contributed by atoms with van der Waals surface area (Å²) in [5.41, 5.74) is 0.732. The molecule has 25 heavy (non-hydrogen) atoms. The molecule has 3 N–H and O–H groups in total. The van der Waals surface area contributed by atoms with Crippen LogP contribution >= 0.6 is 24.2 Å². The van der Waals surface area contributed by atoms with Gasteiger partial charge in [-0.15, -0.1) is 24.2 Å². The number of thioether (sulfide) groups is 1. The van der Waals surface area contributed by atoms with E-state index in [2.05, 4.69) is 24.4 Å². The van der Waals surface area contributed by atoms with Crippen molar-refractivity contribution < 1.29 is 10.2 Å². The third-order valence-corrected chi connectivity index (χ3v) is 5.11. The topological polar surface area (TPSA) is 52.5 Å². The lowest BCUT2D eigenvalue weighted by Gasteiger charge is -2.37. The van der Waals surface area contributed by atoms with Crippen LogP contribution < -0.4 is 5.32 Å². The molecule has 0 saturated carbocycles. The Labute approximate surface area is 161 Å². The zero-order chi connectivity index (χ0) is 17.6. The second-order valence-corrected chi connectivity index (χ2v) is 7.19. The molecule has 2 aromatic rings. The van der Waals surface area contributed by atoms with Crippen molar-refractivity contribution in [3.8, 4) is 0 Å². The molecule has 0 spiro atoms. The van der Waals surface area contributed by atoms with Crippen molar-refractivity contribution >= 4 is 24.2 Å². The van der Waals surface area contributed by atoms with Crippen molar-refractivity contribution in [1.82, 2.24) is 5.32 Å². The van der Waals surface area contributed by atoms with Crippen LogP contribution in [0.3, 0.4) is 0 Å². The maximum Gasteiger partial charge on any atom is 0.147 e. The van der Waals surface area contributed by atoms with E-state index in [1.54, 1.807) is 11.8 Å². The Hall–Kier alpha value is -1.04. The molecule has 0 amide bonds. The third-order valence-electron chi connectivity index (χ3n) is 4.37. The highest BCUT2D eigenvalue weighted by molar-refractivity contribution is 7.98. The normalized spacial score (nSPS) is 15.7. The van der Waals surface area contributed by atoms with Gasteiger partial charge in [-0.3, -0.25) is 5.32 Å². The van der Waals surface area contributed by atoms with Gasteiger partial charge in [-0.1, -0.05) is 49.4 Å². The zero-order valence-electron chi connectivity index (χ0n) is 15.0. The van der Waals surface area contributed by atoms with Gasteiger partial charge in [-0.25, -0.2) is 0 Å². The van der Waals surface area contributed by atoms with Crippen LogP contribution in [0.1, 0.15) is 25.0 Å². The lowest BCUT2D eigenvalue weighted by Crippen LogP contribution is -2.52. The summed E-state index contributed by atoms with van der Waals surface area (Å²) >= 11 is 1.67. The highest BCUT2D eigenvalue weighted by Crippen LogP contribution is 2.29. The monoisotopic (exact) mass is 381 g/mol. The molecule has 3 atom stereocenters. The van der Waals surface area contributed by atoms with Crippen LogP contribution in [0.15, 0.2) is 59.5 Å². The number of halogens is 1. The smallest absolute Gasteiger partial charge is 0.147 e. The minimum Gasteiger partial charge on any atom is -0.396 e. The molecule has 0 saturated heterocycles. The predicted octanol–water partition coefficient (Wildman–Crippen LogP) is 3.82. The van der Waals surface area contributed by atoms with Crippen molar-refractivity contribution in [3.05, 3.63) is 65.7 Å². The maximum atomic E-state index is 11.3. The standard InChI is InChI=1S/C20H27NO2S.ClH/c1-15(14-22)20(23,18-9-11-19(24-3)12-10-18)21-16(2)13-17-7-5-4-6-8-17;/h4-12,15-16,21-23H,13-14H2,1-3H3;1H/t15-,16?,20-;/m0./s1. The molecule has 0 aliphatic carbocycles. The Morgan fingerprint density at radius 1 is 1.04 bits per heavy atom. The van der Waals surface area contributed by atoms with Crippen LogP contribution in [0.25, 0.3) is 0 Å². The molecule has 0 fully saturated rings. The largest absolute Gasteiger partial charge is 0.396 e. The molecule has 0 aliphatic heterocycles. The summed E-state index contributed by atoms with van der Waals surface area (Å²) in [4.78, 5) is 1.15. The first kappa shape index (κ1) is 22.0. The predicted molar refractivity (Wildman–Crippen MR) is 108 cm³/mol. The van der Waals surface area contributed by atoms with E-state index in [-0.39, 0.29) is 31.0 Å². The Morgan fingerprint density at radius 3 is 2.16 bits per heavy atom. The minimum absolute atomic E-state index is 0. The fraction of sp³-hybridized carbons (Fsp3) is 0.400. The number of hydrogen-bond acceptors (Lipinski definition) is 4. The van der Waals surface area contributed by atoms with Gasteiger partial charge in [0.1, 0.15) is 5.72 Å². The first-order valence-electron chi connectivity index (χ1n) is 8.29. The summed E-state index contributed by atoms with van der Waals surface area (Å²) in [7, 11) is 0. The van der Waals surface area contributed by atoms with Gasteiger partial charge in [-0.2, -0.15) is 0 Å². The molecule has 0 aromatic heterocycles. The molecule has 138 valence electrons. The van der Waals surface area contributed by atoms with Gasteiger partial charge in [0.05, 0.1) is 6.61 Å². The molecule has 5 heteroatoms. The molecule has 2 rings (SSSR count). The van der Waals surface area contributed by atoms with E-state index in [1.807, 2.05) is 55.6 Å². The molecule has 0 heterocycles. The van der Waals surface area contributed by atoms with Crippen LogP contribution in [0.5, 0.6) is 0 Å². The molecular weight excluding hydrogens is 354 g/mol. The summed E-state index contributed by atoms with van der Waals surface area (Å²) in [6, 6.07) is 18.1. The SMILES string of the molecule is CSc1ccc([C@](O)(NC(C)Cc2ccccc2)[C@@H](C)CO)cc1.Cl. The van der Waals surface area contributed by atoms with Crippen molar-refractivity contribution in [3.63, 3.8) is 0 Å². The first-order chi connectivity index (χ1) is 11.5. The molecular formula is C20H28ClNO2S. The number of rotatable bonds is 8. The van der Waals surface area contributed by atoms with Crippen molar-refractivity contribution in [2.75, 3.05) is 12.9 Å². The van der Waals surface area contributed by atoms with Crippen molar-refractivity contribution in [1.29, 1.82) is 0 Å². The molecule has 1 unspecified atom stereocenters. The number of hydrogen-bond donors (Lipinski definition) is 3. The maximum absolute atomic E-state index is 11.3. The molecule has 0 bridgehead atoms. The number of nitrogens with one attached hydrogen (secondary N) is 1. The van der Waals surface area contributed by atoms with Gasteiger partial charge < -0.3 is 10.2 Å². The van der Waals surface area contributed by atoms with E-state index in [4.69, 9.17) is 0 Å². The lowest BCUT2D eigenvalue weighted by atomic mass is 9.89. The van der Waals surface area contributed by atoms with Gasteiger partial charge in [-0.05, 0) is 42.9 Å². The summed E-state index contributed by atoms with van der Waals surface area (Å²) in [6.45, 7) is 3.81. The molecule has 3 nitrogen and oxygen atoms in total. The van der Waals surface area contributed by atoms with Crippen molar-refractivity contribution in [2.24, 2.45) is 5.92 Å². The molecule has 0 radical (unpaired) electrons. The number of aliphatic hydroxyl groups is 2. The highest BCUT2D eigenvalue weighted by Gasteiger charge is 2.36. The average molecular weight is 382 g/mol. The summed E-state index contributed by atoms with van der Waals surface area (Å²) < 4.78 is 0. The average Bonchev–Trinajstić information content (AvgIpc) is 2.61. The quantitative estimate of drug-likeness (QED) is 0.480. The van der Waals surface area contributed by atoms with Crippen LogP contribution in [0.2, 0.25) is 0 Å². The Balaban J connectivity index is 0.00000312. The summed E-state index contributed by atoms with van der Waals surface area (Å²) in [6.07, 6.45) is 2.84. The summed E-state index contributed by atoms with van der Waals surface area (Å²) in [5.74, 6) is -0.323. The van der Waals surface area contributed by atoms with Gasteiger partial charge in [0.25, 0.3) is 0 Å². The minimum atomic E-state index is -1.26. The number of aliphatic hydroxyl groups excluding tert-OH is 1. The molecule has 2 aromatic carbocycles. The van der Waals surface area contributed by atoms with E-state index < -0.39 is 5.72 Å². The Kier molecular flexibility index (Phi) is 8.97. The van der Waals surface area contributed by atoms with Gasteiger partial charge in [0.2, 0.25) is 0 Å². The second-order valence-electron chi connectivity index (χ2n) is 6.31. The van der Waals surface area contributed by atoms with E-state index in [0.717, 1.165) is 16.9 Å². The Bertz CT molecular complexity index is 623. The second kappa shape index (κ2) is 10.2. The van der Waals surface area contributed by atoms with E-state index in [1.165, 1.54) is 5.56 Å². The van der Waals surface area contributed by atoms with Crippen LogP contribution in [-0.4, -0.2) is 29.1 Å². The first-order valence-corrected chi connectivity index (χ1v) is 9.51. The van der Waals surface area contributed by atoms with Gasteiger partial charge in [0, 0.05) is 16.9 Å². The van der Waals surface area contributed by atoms with Crippen molar-refractivity contribution in [2.45, 2.75) is 36.9 Å². The Morgan fingerprint density at radius 2 is 1.64 bits per heavy atom. The van der Waals surface area contributed by atoms with Crippen LogP contribution in [-0.2, 0) is 12.1 Å². The molecule has 0 aliphatic rings. The van der Waals surface area contributed by atoms with Gasteiger partial charge >= 0.3 is 0 Å². The fourth-order valence-electron chi connectivity index (χ4n) is 2.88. The highest BCUT2D eigenvalue weighted by atomic mass is 35.5. The lowest BCUT2D eigenvalue weighted by molar-refractivity contribution is -0.0742. The van der Waals surface area contributed by atoms with Crippen LogP contribution in [0, 0.1) is 5.92 Å². The zero-order valence-corrected chi connectivity index (χ0v) is 16.6. The van der Waals surface area contributed by atoms with Crippen LogP contribution in [0.4, 0.5) is 0 Å². The fourth-order valence-corrected chi connectivity index (χ4v) is 3.29. The van der Waals surface area contributed by atoms with Gasteiger partial charge in [0.15, 0.2) is 0 Å². The third kappa shape index (κ3) is 5.73. The number of benzene rings is 2. The summed E-state index contributed by atoms with van der Waals surface area (Å²) in [5, 5.41) is 24.3. The van der Waals surface area contributed by atoms with E-state index >= 15 is 0 Å². The van der Waals surface area contributed by atoms with E-state index in [0.29, 0.717) is 0 Å².